The summed E-state index contributed by atoms with van der Waals surface area (Å²) in [5.74, 6) is -0.321. The Bertz CT molecular complexity index is 433. The average Bonchev–Trinajstić information content (AvgIpc) is 2.65. The average molecular weight is 268 g/mol. The molecule has 1 aliphatic rings. The van der Waals surface area contributed by atoms with E-state index in [-0.39, 0.29) is 11.5 Å². The van der Waals surface area contributed by atoms with Gasteiger partial charge >= 0.3 is 5.97 Å². The molecule has 0 unspecified atom stereocenters. The van der Waals surface area contributed by atoms with Crippen LogP contribution >= 0.6 is 11.3 Å². The Morgan fingerprint density at radius 2 is 2.22 bits per heavy atom. The molecule has 0 radical (unpaired) electrons. The van der Waals surface area contributed by atoms with E-state index in [1.165, 1.54) is 30.6 Å². The molecule has 1 N–H and O–H groups in total. The van der Waals surface area contributed by atoms with Crippen LogP contribution in [-0.2, 0) is 4.74 Å². The number of aryl methyl sites for hydroxylation is 1. The Hall–Kier alpha value is -1.10. The fourth-order valence-corrected chi connectivity index (χ4v) is 3.16. The summed E-state index contributed by atoms with van der Waals surface area (Å²) in [5.41, 5.74) is 0.658. The van der Waals surface area contributed by atoms with E-state index >= 15 is 0 Å². The number of thiazole rings is 1. The first kappa shape index (κ1) is 13.3. The van der Waals surface area contributed by atoms with Gasteiger partial charge in [-0.25, -0.2) is 9.78 Å². The number of esters is 1. The number of nitrogens with one attached hydrogen (secondary N) is 1. The highest BCUT2D eigenvalue weighted by atomic mass is 32.1. The summed E-state index contributed by atoms with van der Waals surface area (Å²) in [7, 11) is 0. The zero-order valence-electron chi connectivity index (χ0n) is 11.2. The van der Waals surface area contributed by atoms with E-state index in [1.807, 2.05) is 6.92 Å². The zero-order valence-corrected chi connectivity index (χ0v) is 12.0. The quantitative estimate of drug-likeness (QED) is 0.832. The van der Waals surface area contributed by atoms with Gasteiger partial charge in [-0.3, -0.25) is 0 Å². The largest absolute Gasteiger partial charge is 0.461 e. The number of anilines is 1. The molecule has 0 saturated heterocycles. The van der Waals surface area contributed by atoms with E-state index < -0.39 is 0 Å². The van der Waals surface area contributed by atoms with Gasteiger partial charge in [0.05, 0.1) is 6.61 Å². The molecule has 4 nitrogen and oxygen atoms in total. The Morgan fingerprint density at radius 3 is 2.72 bits per heavy atom. The first-order valence-corrected chi connectivity index (χ1v) is 7.34. The third-order valence-electron chi connectivity index (χ3n) is 3.62. The molecule has 0 aromatic carbocycles. The number of aromatic nitrogens is 1. The molecule has 1 fully saturated rings. The molecule has 1 saturated carbocycles. The molecule has 1 aromatic heterocycles. The number of rotatable bonds is 5. The Morgan fingerprint density at radius 1 is 1.50 bits per heavy atom. The Balaban J connectivity index is 2.11. The number of carbonyl (C=O) groups excluding carboxylic acids is 1. The van der Waals surface area contributed by atoms with Crippen molar-refractivity contribution in [3.63, 3.8) is 0 Å². The molecule has 0 aliphatic heterocycles. The topological polar surface area (TPSA) is 51.2 Å². The molecular weight excluding hydrogens is 248 g/mol. The summed E-state index contributed by atoms with van der Waals surface area (Å²) in [6, 6.07) is 0. The smallest absolute Gasteiger partial charge is 0.358 e. The van der Waals surface area contributed by atoms with Crippen molar-refractivity contribution in [1.82, 2.24) is 4.98 Å². The second-order valence-electron chi connectivity index (χ2n) is 4.76. The summed E-state index contributed by atoms with van der Waals surface area (Å²) in [4.78, 5) is 17.0. The van der Waals surface area contributed by atoms with Crippen molar-refractivity contribution in [2.24, 2.45) is 0 Å². The maximum Gasteiger partial charge on any atom is 0.358 e. The number of nitrogens with zero attached hydrogens (tertiary/aromatic N) is 1. The van der Waals surface area contributed by atoms with Crippen LogP contribution in [0.25, 0.3) is 0 Å². The van der Waals surface area contributed by atoms with E-state index in [4.69, 9.17) is 4.74 Å². The SMILES string of the molecule is CCOC(=O)c1nc(NC2(CC)CCC2)sc1C. The van der Waals surface area contributed by atoms with Crippen LogP contribution < -0.4 is 5.32 Å². The van der Waals surface area contributed by atoms with Gasteiger partial charge < -0.3 is 10.1 Å². The highest BCUT2D eigenvalue weighted by Gasteiger charge is 2.36. The standard InChI is InChI=1S/C13H20N2O2S/c1-4-13(7-6-8-13)15-12-14-10(9(3)18-12)11(16)17-5-2/h4-8H2,1-3H3,(H,14,15). The van der Waals surface area contributed by atoms with Crippen LogP contribution in [0.1, 0.15) is 54.9 Å². The third kappa shape index (κ3) is 2.51. The van der Waals surface area contributed by atoms with Crippen molar-refractivity contribution in [3.8, 4) is 0 Å². The van der Waals surface area contributed by atoms with Gasteiger partial charge in [0.15, 0.2) is 10.8 Å². The summed E-state index contributed by atoms with van der Waals surface area (Å²) >= 11 is 1.54. The normalized spacial score (nSPS) is 17.1. The number of carbonyl (C=O) groups is 1. The lowest BCUT2D eigenvalue weighted by molar-refractivity contribution is 0.0519. The predicted molar refractivity (Wildman–Crippen MR) is 73.3 cm³/mol. The van der Waals surface area contributed by atoms with Crippen LogP contribution in [0.5, 0.6) is 0 Å². The van der Waals surface area contributed by atoms with Gasteiger partial charge in [-0.1, -0.05) is 6.92 Å². The first-order valence-electron chi connectivity index (χ1n) is 6.53. The molecule has 0 atom stereocenters. The van der Waals surface area contributed by atoms with Gasteiger partial charge in [0.2, 0.25) is 0 Å². The van der Waals surface area contributed by atoms with E-state index in [1.54, 1.807) is 6.92 Å². The summed E-state index contributed by atoms with van der Waals surface area (Å²) < 4.78 is 5.00. The van der Waals surface area contributed by atoms with Crippen LogP contribution in [0.3, 0.4) is 0 Å². The molecule has 5 heteroatoms. The molecule has 0 amide bonds. The summed E-state index contributed by atoms with van der Waals surface area (Å²) in [6.07, 6.45) is 4.75. The van der Waals surface area contributed by atoms with Crippen LogP contribution in [0, 0.1) is 6.92 Å². The number of hydrogen-bond acceptors (Lipinski definition) is 5. The monoisotopic (exact) mass is 268 g/mol. The van der Waals surface area contributed by atoms with Gasteiger partial charge in [0.1, 0.15) is 0 Å². The van der Waals surface area contributed by atoms with Gasteiger partial charge in [-0.05, 0) is 39.5 Å². The van der Waals surface area contributed by atoms with Crippen LogP contribution in [0.2, 0.25) is 0 Å². The van der Waals surface area contributed by atoms with Gasteiger partial charge in [-0.2, -0.15) is 0 Å². The molecule has 1 aliphatic carbocycles. The van der Waals surface area contributed by atoms with Gasteiger partial charge in [0.25, 0.3) is 0 Å². The molecule has 100 valence electrons. The summed E-state index contributed by atoms with van der Waals surface area (Å²) in [5, 5.41) is 4.34. The van der Waals surface area contributed by atoms with E-state index in [0.29, 0.717) is 12.3 Å². The van der Waals surface area contributed by atoms with E-state index in [2.05, 4.69) is 17.2 Å². The highest BCUT2D eigenvalue weighted by Crippen LogP contribution is 2.39. The highest BCUT2D eigenvalue weighted by molar-refractivity contribution is 7.15. The van der Waals surface area contributed by atoms with Crippen molar-refractivity contribution in [1.29, 1.82) is 0 Å². The molecule has 2 rings (SSSR count). The molecule has 1 aromatic rings. The fourth-order valence-electron chi connectivity index (χ4n) is 2.24. The van der Waals surface area contributed by atoms with Crippen LogP contribution in [0.4, 0.5) is 5.13 Å². The van der Waals surface area contributed by atoms with Gasteiger partial charge in [-0.15, -0.1) is 11.3 Å². The lowest BCUT2D eigenvalue weighted by Crippen LogP contribution is -2.44. The lowest BCUT2D eigenvalue weighted by Gasteiger charge is -2.41. The van der Waals surface area contributed by atoms with Crippen molar-refractivity contribution in [3.05, 3.63) is 10.6 Å². The lowest BCUT2D eigenvalue weighted by atomic mass is 9.75. The van der Waals surface area contributed by atoms with E-state index in [0.717, 1.165) is 16.4 Å². The molecular formula is C13H20N2O2S. The first-order chi connectivity index (χ1) is 8.60. The Labute approximate surface area is 112 Å². The van der Waals surface area contributed by atoms with Crippen LogP contribution in [-0.4, -0.2) is 23.1 Å². The predicted octanol–water partition coefficient (Wildman–Crippen LogP) is 3.37. The molecule has 18 heavy (non-hydrogen) atoms. The second-order valence-corrected chi connectivity index (χ2v) is 5.96. The van der Waals surface area contributed by atoms with Crippen molar-refractivity contribution < 1.29 is 9.53 Å². The van der Waals surface area contributed by atoms with Crippen LogP contribution in [0.15, 0.2) is 0 Å². The Kier molecular flexibility index (Phi) is 3.90. The molecule has 0 spiro atoms. The molecule has 0 bridgehead atoms. The maximum absolute atomic E-state index is 11.7. The third-order valence-corrected chi connectivity index (χ3v) is 4.51. The second kappa shape index (κ2) is 5.26. The minimum absolute atomic E-state index is 0.205. The minimum atomic E-state index is -0.321. The zero-order chi connectivity index (χ0) is 13.2. The van der Waals surface area contributed by atoms with Gasteiger partial charge in [0, 0.05) is 10.4 Å². The van der Waals surface area contributed by atoms with Crippen molar-refractivity contribution >= 4 is 22.4 Å². The van der Waals surface area contributed by atoms with Crippen molar-refractivity contribution in [2.45, 2.75) is 52.0 Å². The fraction of sp³-hybridized carbons (Fsp3) is 0.692. The van der Waals surface area contributed by atoms with Crippen molar-refractivity contribution in [2.75, 3.05) is 11.9 Å². The molecule has 1 heterocycles. The maximum atomic E-state index is 11.7. The van der Waals surface area contributed by atoms with E-state index in [9.17, 15) is 4.79 Å². The minimum Gasteiger partial charge on any atom is -0.461 e. The number of ether oxygens (including phenoxy) is 1. The summed E-state index contributed by atoms with van der Waals surface area (Å²) in [6.45, 7) is 6.30. The number of hydrogen-bond donors (Lipinski definition) is 1.